The van der Waals surface area contributed by atoms with Crippen molar-refractivity contribution in [2.24, 2.45) is 5.92 Å². The smallest absolute Gasteiger partial charge is 0.258 e. The first-order valence-corrected chi connectivity index (χ1v) is 11.8. The highest BCUT2D eigenvalue weighted by Crippen LogP contribution is 2.40. The van der Waals surface area contributed by atoms with E-state index in [2.05, 4.69) is 29.2 Å². The molecule has 9 heteroatoms. The third kappa shape index (κ3) is 4.88. The fourth-order valence-corrected chi connectivity index (χ4v) is 4.47. The molecule has 0 saturated heterocycles. The van der Waals surface area contributed by atoms with Crippen molar-refractivity contribution < 1.29 is 14.4 Å². The Hall–Kier alpha value is -3.10. The molecule has 0 aliphatic carbocycles. The molecule has 2 heterocycles. The van der Waals surface area contributed by atoms with Gasteiger partial charge in [-0.1, -0.05) is 48.8 Å². The van der Waals surface area contributed by atoms with E-state index in [0.29, 0.717) is 33.5 Å². The fraction of sp³-hybridized carbons (Fsp3) is 0.320. The molecule has 2 N–H and O–H groups in total. The topological polar surface area (TPSA) is 83.7 Å². The fourth-order valence-electron chi connectivity index (χ4n) is 3.93. The lowest BCUT2D eigenvalue weighted by Gasteiger charge is -2.37. The van der Waals surface area contributed by atoms with E-state index in [4.69, 9.17) is 38.1 Å². The SMILES string of the molecule is COc1ccc(C2NC(=S)N(CCC(C)C)C(C)=C2c2nc(-c3cccc(Cl)c3)no2)cc1O. The number of phenolic OH excluding ortho intramolecular Hbond substituents is 1. The van der Waals surface area contributed by atoms with Crippen molar-refractivity contribution in [3.8, 4) is 22.9 Å². The van der Waals surface area contributed by atoms with Crippen molar-refractivity contribution in [2.75, 3.05) is 13.7 Å². The third-order valence-corrected chi connectivity index (χ3v) is 6.38. The number of allylic oxidation sites excluding steroid dienone is 1. The van der Waals surface area contributed by atoms with Crippen LogP contribution in [0.2, 0.25) is 5.02 Å². The van der Waals surface area contributed by atoms with Crippen LogP contribution in [0.25, 0.3) is 17.0 Å². The van der Waals surface area contributed by atoms with Gasteiger partial charge in [0, 0.05) is 22.8 Å². The van der Waals surface area contributed by atoms with Crippen LogP contribution in [0.3, 0.4) is 0 Å². The predicted molar refractivity (Wildman–Crippen MR) is 137 cm³/mol. The molecule has 0 fully saturated rings. The van der Waals surface area contributed by atoms with Crippen molar-refractivity contribution in [3.05, 3.63) is 64.6 Å². The van der Waals surface area contributed by atoms with Gasteiger partial charge in [0.25, 0.3) is 5.89 Å². The summed E-state index contributed by atoms with van der Waals surface area (Å²) in [6, 6.07) is 12.2. The monoisotopic (exact) mass is 498 g/mol. The summed E-state index contributed by atoms with van der Waals surface area (Å²) in [5.41, 5.74) is 3.27. The lowest BCUT2D eigenvalue weighted by Crippen LogP contribution is -2.46. The zero-order valence-electron chi connectivity index (χ0n) is 19.5. The van der Waals surface area contributed by atoms with E-state index in [1.807, 2.05) is 25.1 Å². The van der Waals surface area contributed by atoms with Gasteiger partial charge in [-0.15, -0.1) is 0 Å². The van der Waals surface area contributed by atoms with Gasteiger partial charge in [-0.25, -0.2) is 0 Å². The number of phenols is 1. The molecule has 1 unspecified atom stereocenters. The van der Waals surface area contributed by atoms with Crippen LogP contribution in [0.5, 0.6) is 11.5 Å². The van der Waals surface area contributed by atoms with Gasteiger partial charge in [0.05, 0.1) is 18.7 Å². The highest BCUT2D eigenvalue weighted by atomic mass is 35.5. The Morgan fingerprint density at radius 3 is 2.74 bits per heavy atom. The van der Waals surface area contributed by atoms with Crippen LogP contribution in [0.1, 0.15) is 44.7 Å². The summed E-state index contributed by atoms with van der Waals surface area (Å²) in [7, 11) is 1.51. The predicted octanol–water partition coefficient (Wildman–Crippen LogP) is 5.81. The second-order valence-corrected chi connectivity index (χ2v) is 9.40. The van der Waals surface area contributed by atoms with Crippen LogP contribution < -0.4 is 10.1 Å². The maximum atomic E-state index is 10.4. The Kier molecular flexibility index (Phi) is 7.09. The Morgan fingerprint density at radius 2 is 2.06 bits per heavy atom. The zero-order chi connectivity index (χ0) is 24.4. The average molecular weight is 499 g/mol. The molecular weight excluding hydrogens is 472 g/mol. The maximum Gasteiger partial charge on any atom is 0.258 e. The van der Waals surface area contributed by atoms with Gasteiger partial charge in [-0.3, -0.25) is 0 Å². The summed E-state index contributed by atoms with van der Waals surface area (Å²) >= 11 is 11.9. The Labute approximate surface area is 209 Å². The lowest BCUT2D eigenvalue weighted by atomic mass is 9.94. The molecule has 3 aromatic rings. The van der Waals surface area contributed by atoms with E-state index in [1.165, 1.54) is 7.11 Å². The van der Waals surface area contributed by atoms with Gasteiger partial charge in [0.2, 0.25) is 5.82 Å². The Bertz CT molecular complexity index is 1240. The van der Waals surface area contributed by atoms with Crippen LogP contribution >= 0.6 is 23.8 Å². The number of benzene rings is 2. The molecule has 1 aliphatic rings. The summed E-state index contributed by atoms with van der Waals surface area (Å²) in [5, 5.41) is 19.2. The molecule has 178 valence electrons. The summed E-state index contributed by atoms with van der Waals surface area (Å²) in [4.78, 5) is 6.75. The number of thiocarbonyl (C=S) groups is 1. The number of aromatic hydroxyl groups is 1. The molecule has 1 aromatic heterocycles. The van der Waals surface area contributed by atoms with E-state index in [9.17, 15) is 5.11 Å². The molecule has 34 heavy (non-hydrogen) atoms. The van der Waals surface area contributed by atoms with Crippen LogP contribution in [0, 0.1) is 5.92 Å². The number of halogens is 1. The number of ether oxygens (including phenoxy) is 1. The van der Waals surface area contributed by atoms with Gasteiger partial charge in [0.15, 0.2) is 16.6 Å². The van der Waals surface area contributed by atoms with Crippen LogP contribution in [0.4, 0.5) is 0 Å². The third-order valence-electron chi connectivity index (χ3n) is 5.80. The summed E-state index contributed by atoms with van der Waals surface area (Å²) in [5.74, 6) is 1.77. The minimum absolute atomic E-state index is 0.0390. The molecule has 7 nitrogen and oxygen atoms in total. The number of hydrogen-bond acceptors (Lipinski definition) is 6. The highest BCUT2D eigenvalue weighted by molar-refractivity contribution is 7.80. The van der Waals surface area contributed by atoms with Gasteiger partial charge in [-0.05, 0) is 61.3 Å². The van der Waals surface area contributed by atoms with E-state index in [1.54, 1.807) is 24.3 Å². The molecule has 1 aliphatic heterocycles. The highest BCUT2D eigenvalue weighted by Gasteiger charge is 2.34. The first-order chi connectivity index (χ1) is 16.3. The number of hydrogen-bond donors (Lipinski definition) is 2. The summed E-state index contributed by atoms with van der Waals surface area (Å²) < 4.78 is 11.0. The Balaban J connectivity index is 1.80. The van der Waals surface area contributed by atoms with Gasteiger partial charge < -0.3 is 24.6 Å². The first kappa shape index (κ1) is 24.0. The average Bonchev–Trinajstić information content (AvgIpc) is 3.28. The second-order valence-electron chi connectivity index (χ2n) is 8.58. The molecular formula is C25H27ClN4O3S. The summed E-state index contributed by atoms with van der Waals surface area (Å²) in [6.07, 6.45) is 0.970. The van der Waals surface area contributed by atoms with E-state index in [-0.39, 0.29) is 5.75 Å². The number of nitrogens with one attached hydrogen (secondary N) is 1. The van der Waals surface area contributed by atoms with Gasteiger partial charge in [0.1, 0.15) is 0 Å². The number of nitrogens with zero attached hydrogens (tertiary/aromatic N) is 3. The van der Waals surface area contributed by atoms with Crippen LogP contribution in [0.15, 0.2) is 52.7 Å². The van der Waals surface area contributed by atoms with Crippen LogP contribution in [-0.2, 0) is 0 Å². The van der Waals surface area contributed by atoms with Crippen LogP contribution in [-0.4, -0.2) is 38.9 Å². The standard InChI is InChI=1S/C25H27ClN4O3S/c1-14(2)10-11-30-15(3)21(24-28-23(29-33-24)17-6-5-7-18(26)12-17)22(27-25(30)34)16-8-9-20(32-4)19(31)13-16/h5-9,12-14,22,31H,10-11H2,1-4H3,(H,27,34). The van der Waals surface area contributed by atoms with Crippen molar-refractivity contribution in [2.45, 2.75) is 33.2 Å². The minimum atomic E-state index is -0.396. The first-order valence-electron chi connectivity index (χ1n) is 11.0. The van der Waals surface area contributed by atoms with Crippen molar-refractivity contribution in [1.29, 1.82) is 0 Å². The molecule has 0 bridgehead atoms. The van der Waals surface area contributed by atoms with Gasteiger partial charge in [-0.2, -0.15) is 4.98 Å². The zero-order valence-corrected chi connectivity index (χ0v) is 21.1. The van der Waals surface area contributed by atoms with Gasteiger partial charge >= 0.3 is 0 Å². The minimum Gasteiger partial charge on any atom is -0.504 e. The molecule has 4 rings (SSSR count). The lowest BCUT2D eigenvalue weighted by molar-refractivity contribution is 0.372. The van der Waals surface area contributed by atoms with Crippen molar-refractivity contribution in [1.82, 2.24) is 20.4 Å². The molecule has 0 spiro atoms. The largest absolute Gasteiger partial charge is 0.504 e. The van der Waals surface area contributed by atoms with E-state index in [0.717, 1.165) is 35.4 Å². The molecule has 0 saturated carbocycles. The normalized spacial score (nSPS) is 16.2. The number of rotatable bonds is 7. The quantitative estimate of drug-likeness (QED) is 0.395. The molecule has 1 atom stereocenters. The molecule has 0 amide bonds. The second kappa shape index (κ2) is 10.0. The number of methoxy groups -OCH3 is 1. The maximum absolute atomic E-state index is 10.4. The van der Waals surface area contributed by atoms with E-state index >= 15 is 0 Å². The summed E-state index contributed by atoms with van der Waals surface area (Å²) in [6.45, 7) is 7.12. The van der Waals surface area contributed by atoms with Crippen molar-refractivity contribution in [3.63, 3.8) is 0 Å². The Morgan fingerprint density at radius 1 is 1.26 bits per heavy atom. The van der Waals surface area contributed by atoms with Crippen molar-refractivity contribution >= 4 is 34.5 Å². The van der Waals surface area contributed by atoms with E-state index < -0.39 is 6.04 Å². The molecule has 0 radical (unpaired) electrons. The number of aromatic nitrogens is 2. The molecule has 2 aromatic carbocycles.